The molecule has 0 unspecified atom stereocenters. The van der Waals surface area contributed by atoms with Crippen molar-refractivity contribution in [1.29, 1.82) is 5.26 Å². The predicted octanol–water partition coefficient (Wildman–Crippen LogP) is 1.63. The Bertz CT molecular complexity index is 593. The lowest BCUT2D eigenvalue weighted by Gasteiger charge is -2.18. The number of carbonyl (C=O) groups excluding carboxylic acids is 1. The zero-order valence-corrected chi connectivity index (χ0v) is 13.1. The molecule has 6 nitrogen and oxygen atoms in total. The monoisotopic (exact) mass is 343 g/mol. The predicted molar refractivity (Wildman–Crippen MR) is 84.5 cm³/mol. The third kappa shape index (κ3) is 5.20. The Balaban J connectivity index is 2.92. The van der Waals surface area contributed by atoms with Crippen molar-refractivity contribution in [3.8, 4) is 6.07 Å². The Kier molecular flexibility index (Phi) is 7.71. The van der Waals surface area contributed by atoms with Crippen molar-refractivity contribution in [1.82, 2.24) is 4.90 Å². The number of anilines is 1. The van der Waals surface area contributed by atoms with E-state index in [0.717, 1.165) is 0 Å². The summed E-state index contributed by atoms with van der Waals surface area (Å²) in [4.78, 5) is 13.6. The maximum absolute atomic E-state index is 12.1. The van der Waals surface area contributed by atoms with Crippen LogP contribution in [-0.2, 0) is 4.79 Å². The minimum atomic E-state index is -0.660. The Morgan fingerprint density at radius 1 is 1.32 bits per heavy atom. The summed E-state index contributed by atoms with van der Waals surface area (Å²) in [7, 11) is 0. The maximum atomic E-state index is 12.1. The largest absolute Gasteiger partial charge is 0.395 e. The number of amides is 1. The molecular formula is C14H15Cl2N3O3. The first-order valence-corrected chi connectivity index (χ1v) is 7.12. The van der Waals surface area contributed by atoms with Gasteiger partial charge in [0.25, 0.3) is 5.91 Å². The van der Waals surface area contributed by atoms with Gasteiger partial charge in [-0.3, -0.25) is 4.79 Å². The molecule has 0 aliphatic carbocycles. The van der Waals surface area contributed by atoms with Crippen molar-refractivity contribution < 1.29 is 15.0 Å². The number of rotatable bonds is 7. The zero-order valence-electron chi connectivity index (χ0n) is 11.6. The number of nitrogens with zero attached hydrogens (tertiary/aromatic N) is 2. The molecule has 1 rings (SSSR count). The Hall–Kier alpha value is -1.78. The summed E-state index contributed by atoms with van der Waals surface area (Å²) in [6.07, 6.45) is 1.28. The first-order valence-electron chi connectivity index (χ1n) is 6.36. The summed E-state index contributed by atoms with van der Waals surface area (Å²) in [6.45, 7) is 0.0434. The second kappa shape index (κ2) is 9.28. The molecule has 0 aliphatic heterocycles. The van der Waals surface area contributed by atoms with Gasteiger partial charge in [0.15, 0.2) is 0 Å². The van der Waals surface area contributed by atoms with Crippen molar-refractivity contribution in [2.45, 2.75) is 0 Å². The fourth-order valence-corrected chi connectivity index (χ4v) is 1.96. The highest BCUT2D eigenvalue weighted by Crippen LogP contribution is 2.29. The van der Waals surface area contributed by atoms with Gasteiger partial charge in [0.05, 0.1) is 28.9 Å². The molecule has 3 N–H and O–H groups in total. The van der Waals surface area contributed by atoms with E-state index in [1.54, 1.807) is 24.3 Å². The van der Waals surface area contributed by atoms with Crippen LogP contribution in [0.1, 0.15) is 0 Å². The first-order chi connectivity index (χ1) is 10.5. The lowest BCUT2D eigenvalue weighted by Crippen LogP contribution is -2.26. The summed E-state index contributed by atoms with van der Waals surface area (Å²) in [6, 6.07) is 6.52. The molecule has 8 heteroatoms. The van der Waals surface area contributed by atoms with Crippen LogP contribution in [0.3, 0.4) is 0 Å². The number of carbonyl (C=O) groups is 1. The van der Waals surface area contributed by atoms with Gasteiger partial charge in [0, 0.05) is 19.3 Å². The summed E-state index contributed by atoms with van der Waals surface area (Å²) in [5.74, 6) is -0.660. The number of aliphatic hydroxyl groups is 2. The Labute approximate surface area is 138 Å². The van der Waals surface area contributed by atoms with Crippen LogP contribution in [0.15, 0.2) is 30.0 Å². The summed E-state index contributed by atoms with van der Waals surface area (Å²) < 4.78 is 0. The van der Waals surface area contributed by atoms with Gasteiger partial charge in [-0.1, -0.05) is 29.3 Å². The molecule has 22 heavy (non-hydrogen) atoms. The van der Waals surface area contributed by atoms with Gasteiger partial charge in [-0.15, -0.1) is 0 Å². The van der Waals surface area contributed by atoms with Crippen molar-refractivity contribution in [2.75, 3.05) is 31.6 Å². The average Bonchev–Trinajstić information content (AvgIpc) is 2.49. The SMILES string of the molecule is N#C/C(=C/N(CCO)CCO)C(=O)Nc1cccc(Cl)c1Cl. The van der Waals surface area contributed by atoms with Crippen molar-refractivity contribution in [3.05, 3.63) is 40.0 Å². The van der Waals surface area contributed by atoms with E-state index in [1.807, 2.05) is 0 Å². The average molecular weight is 344 g/mol. The third-order valence-corrected chi connectivity index (χ3v) is 3.47. The van der Waals surface area contributed by atoms with Crippen molar-refractivity contribution in [3.63, 3.8) is 0 Å². The minimum absolute atomic E-state index is 0.170. The van der Waals surface area contributed by atoms with Gasteiger partial charge < -0.3 is 20.4 Å². The lowest BCUT2D eigenvalue weighted by atomic mass is 10.2. The lowest BCUT2D eigenvalue weighted by molar-refractivity contribution is -0.112. The van der Waals surface area contributed by atoms with Crippen molar-refractivity contribution in [2.24, 2.45) is 0 Å². The van der Waals surface area contributed by atoms with E-state index in [1.165, 1.54) is 11.1 Å². The smallest absolute Gasteiger partial charge is 0.267 e. The molecular weight excluding hydrogens is 329 g/mol. The van der Waals surface area contributed by atoms with Gasteiger partial charge in [-0.05, 0) is 12.1 Å². The number of hydrogen-bond acceptors (Lipinski definition) is 5. The molecule has 118 valence electrons. The number of nitrogens with one attached hydrogen (secondary N) is 1. The standard InChI is InChI=1S/C14H15Cl2N3O3/c15-11-2-1-3-12(13(11)16)18-14(22)10(8-17)9-19(4-6-20)5-7-21/h1-3,9,20-21H,4-7H2,(H,18,22)/b10-9-. The van der Waals surface area contributed by atoms with Crippen LogP contribution in [-0.4, -0.2) is 47.3 Å². The van der Waals surface area contributed by atoms with E-state index in [9.17, 15) is 4.79 Å². The Morgan fingerprint density at radius 3 is 2.50 bits per heavy atom. The van der Waals surface area contributed by atoms with Gasteiger partial charge >= 0.3 is 0 Å². The first kappa shape index (κ1) is 18.3. The highest BCUT2D eigenvalue weighted by molar-refractivity contribution is 6.44. The van der Waals surface area contributed by atoms with Gasteiger partial charge in [0.2, 0.25) is 0 Å². The third-order valence-electron chi connectivity index (χ3n) is 2.65. The van der Waals surface area contributed by atoms with Crippen LogP contribution in [0.2, 0.25) is 10.0 Å². The second-order valence-electron chi connectivity index (χ2n) is 4.19. The van der Waals surface area contributed by atoms with E-state index < -0.39 is 5.91 Å². The molecule has 0 radical (unpaired) electrons. The number of nitriles is 1. The Morgan fingerprint density at radius 2 is 1.95 bits per heavy atom. The molecule has 0 saturated heterocycles. The molecule has 1 aromatic rings. The van der Waals surface area contributed by atoms with E-state index in [4.69, 9.17) is 38.7 Å². The fraction of sp³-hybridized carbons (Fsp3) is 0.286. The van der Waals surface area contributed by atoms with Crippen LogP contribution in [0, 0.1) is 11.3 Å². The van der Waals surface area contributed by atoms with Gasteiger partial charge in [-0.25, -0.2) is 0 Å². The number of aliphatic hydroxyl groups excluding tert-OH is 2. The van der Waals surface area contributed by atoms with Crippen LogP contribution in [0.25, 0.3) is 0 Å². The molecule has 0 heterocycles. The molecule has 1 aromatic carbocycles. The number of hydrogen-bond donors (Lipinski definition) is 3. The van der Waals surface area contributed by atoms with Gasteiger partial charge in [-0.2, -0.15) is 5.26 Å². The maximum Gasteiger partial charge on any atom is 0.267 e. The van der Waals surface area contributed by atoms with E-state index in [0.29, 0.717) is 0 Å². The van der Waals surface area contributed by atoms with Crippen LogP contribution >= 0.6 is 23.2 Å². The fourth-order valence-electron chi connectivity index (χ4n) is 1.61. The minimum Gasteiger partial charge on any atom is -0.395 e. The number of benzene rings is 1. The van der Waals surface area contributed by atoms with E-state index in [2.05, 4.69) is 5.32 Å². The van der Waals surface area contributed by atoms with E-state index >= 15 is 0 Å². The van der Waals surface area contributed by atoms with Crippen LogP contribution in [0.4, 0.5) is 5.69 Å². The molecule has 0 saturated carbocycles. The molecule has 1 amide bonds. The van der Waals surface area contributed by atoms with Crippen LogP contribution < -0.4 is 5.32 Å². The second-order valence-corrected chi connectivity index (χ2v) is 4.98. The quantitative estimate of drug-likeness (QED) is 0.516. The topological polar surface area (TPSA) is 96.6 Å². The van der Waals surface area contributed by atoms with E-state index in [-0.39, 0.29) is 47.6 Å². The van der Waals surface area contributed by atoms with Gasteiger partial charge in [0.1, 0.15) is 11.6 Å². The summed E-state index contributed by atoms with van der Waals surface area (Å²) in [5.41, 5.74) is 0.106. The highest BCUT2D eigenvalue weighted by atomic mass is 35.5. The highest BCUT2D eigenvalue weighted by Gasteiger charge is 2.14. The normalized spacial score (nSPS) is 11.0. The summed E-state index contributed by atoms with van der Waals surface area (Å²) >= 11 is 11.8. The van der Waals surface area contributed by atoms with Crippen LogP contribution in [0.5, 0.6) is 0 Å². The molecule has 0 fully saturated rings. The number of halogens is 2. The zero-order chi connectivity index (χ0) is 16.5. The molecule has 0 spiro atoms. The molecule has 0 bridgehead atoms. The van der Waals surface area contributed by atoms with Crippen molar-refractivity contribution >= 4 is 34.8 Å². The molecule has 0 atom stereocenters. The molecule has 0 aromatic heterocycles. The molecule has 0 aliphatic rings. The summed E-state index contributed by atoms with van der Waals surface area (Å²) in [5, 5.41) is 29.9.